The Labute approximate surface area is 139 Å². The van der Waals surface area contributed by atoms with Crippen LogP contribution in [0.1, 0.15) is 24.3 Å². The second-order valence-electron chi connectivity index (χ2n) is 6.67. The first kappa shape index (κ1) is 15.2. The van der Waals surface area contributed by atoms with Crippen LogP contribution < -0.4 is 4.90 Å². The predicted octanol–water partition coefficient (Wildman–Crippen LogP) is 2.35. The second-order valence-corrected chi connectivity index (χ2v) is 9.32. The van der Waals surface area contributed by atoms with E-state index in [1.54, 1.807) is 11.3 Å². The number of anilines is 1. The lowest BCUT2D eigenvalue weighted by molar-refractivity contribution is -0.00650. The van der Waals surface area contributed by atoms with E-state index in [1.807, 2.05) is 6.92 Å². The van der Waals surface area contributed by atoms with Crippen LogP contribution in [0.15, 0.2) is 0 Å². The number of ether oxygens (including phenoxy) is 2. The van der Waals surface area contributed by atoms with E-state index in [-0.39, 0.29) is 0 Å². The van der Waals surface area contributed by atoms with Gasteiger partial charge in [0.2, 0.25) is 5.13 Å². The average Bonchev–Trinajstić information content (AvgIpc) is 3.11. The van der Waals surface area contributed by atoms with Gasteiger partial charge in [-0.1, -0.05) is 11.3 Å². The molecule has 3 aliphatic rings. The van der Waals surface area contributed by atoms with Crippen LogP contribution >= 0.6 is 23.1 Å². The summed E-state index contributed by atoms with van der Waals surface area (Å²) in [5, 5.41) is 10.5. The Kier molecular flexibility index (Phi) is 4.32. The van der Waals surface area contributed by atoms with Crippen LogP contribution in [0, 0.1) is 12.8 Å². The molecule has 0 radical (unpaired) electrons. The first-order chi connectivity index (χ1) is 10.7. The van der Waals surface area contributed by atoms with E-state index >= 15 is 0 Å². The Bertz CT molecular complexity index is 513. The lowest BCUT2D eigenvalue weighted by Crippen LogP contribution is -2.59. The van der Waals surface area contributed by atoms with Crippen molar-refractivity contribution in [2.24, 2.45) is 5.92 Å². The molecule has 4 rings (SSSR count). The summed E-state index contributed by atoms with van der Waals surface area (Å²) in [4.78, 5) is 2.36. The minimum atomic E-state index is 0.403. The van der Waals surface area contributed by atoms with Gasteiger partial charge in [-0.15, -0.1) is 22.0 Å². The van der Waals surface area contributed by atoms with Gasteiger partial charge in [-0.3, -0.25) is 0 Å². The third-order valence-corrected chi connectivity index (χ3v) is 7.30. The van der Waals surface area contributed by atoms with E-state index in [0.717, 1.165) is 61.6 Å². The fourth-order valence-electron chi connectivity index (χ4n) is 3.51. The predicted molar refractivity (Wildman–Crippen MR) is 89.9 cm³/mol. The fourth-order valence-corrected chi connectivity index (χ4v) is 5.75. The van der Waals surface area contributed by atoms with Crippen molar-refractivity contribution in [1.29, 1.82) is 0 Å². The smallest absolute Gasteiger partial charge is 0.208 e. The third kappa shape index (κ3) is 3.13. The van der Waals surface area contributed by atoms with E-state index in [2.05, 4.69) is 26.9 Å². The van der Waals surface area contributed by atoms with Crippen molar-refractivity contribution in [3.63, 3.8) is 0 Å². The molecule has 1 aromatic rings. The monoisotopic (exact) mass is 341 g/mol. The summed E-state index contributed by atoms with van der Waals surface area (Å²) in [6.07, 6.45) is 3.95. The summed E-state index contributed by atoms with van der Waals surface area (Å²) in [6, 6.07) is 0. The number of hydrogen-bond donors (Lipinski definition) is 0. The van der Waals surface area contributed by atoms with Crippen molar-refractivity contribution in [3.8, 4) is 0 Å². The molecule has 5 nitrogen and oxygen atoms in total. The molecule has 3 fully saturated rings. The molecule has 0 bridgehead atoms. The number of aromatic nitrogens is 2. The lowest BCUT2D eigenvalue weighted by Gasteiger charge is -2.47. The number of hydrogen-bond acceptors (Lipinski definition) is 7. The van der Waals surface area contributed by atoms with Crippen LogP contribution in [0.5, 0.6) is 0 Å². The first-order valence-corrected chi connectivity index (χ1v) is 9.91. The molecule has 1 aromatic heterocycles. The fraction of sp³-hybridized carbons (Fsp3) is 0.867. The molecule has 0 saturated carbocycles. The molecule has 4 heterocycles. The zero-order chi connectivity index (χ0) is 15.0. The molecule has 3 aliphatic heterocycles. The largest absolute Gasteiger partial charge is 0.381 e. The summed E-state index contributed by atoms with van der Waals surface area (Å²) in [6.45, 7) is 6.96. The number of thioether (sulfide) groups is 1. The molecular formula is C15H23N3O2S2. The van der Waals surface area contributed by atoms with Gasteiger partial charge in [0.05, 0.1) is 10.9 Å². The van der Waals surface area contributed by atoms with E-state index in [1.165, 1.54) is 6.42 Å². The maximum Gasteiger partial charge on any atom is 0.208 e. The van der Waals surface area contributed by atoms with Crippen molar-refractivity contribution in [3.05, 3.63) is 5.01 Å². The highest BCUT2D eigenvalue weighted by Gasteiger charge is 2.50. The van der Waals surface area contributed by atoms with E-state index in [9.17, 15) is 0 Å². The summed E-state index contributed by atoms with van der Waals surface area (Å²) < 4.78 is 12.0. The van der Waals surface area contributed by atoms with Gasteiger partial charge < -0.3 is 14.4 Å². The van der Waals surface area contributed by atoms with Gasteiger partial charge in [-0.2, -0.15) is 0 Å². The quantitative estimate of drug-likeness (QED) is 0.838. The summed E-state index contributed by atoms with van der Waals surface area (Å²) in [5.41, 5.74) is 0. The Morgan fingerprint density at radius 1 is 1.32 bits per heavy atom. The highest BCUT2D eigenvalue weighted by molar-refractivity contribution is 8.01. The van der Waals surface area contributed by atoms with E-state index in [4.69, 9.17) is 9.47 Å². The van der Waals surface area contributed by atoms with Gasteiger partial charge in [-0.25, -0.2) is 0 Å². The van der Waals surface area contributed by atoms with Gasteiger partial charge in [-0.05, 0) is 32.1 Å². The standard InChI is InChI=1S/C15H23N3O2S2/c1-11-16-17-14(22-11)18-9-15(10-18)6-13(8-21-15)20-7-12-2-4-19-5-3-12/h12-13H,2-10H2,1H3. The first-order valence-electron chi connectivity index (χ1n) is 8.11. The molecule has 0 aliphatic carbocycles. The molecule has 1 spiro atoms. The van der Waals surface area contributed by atoms with Gasteiger partial charge >= 0.3 is 0 Å². The molecular weight excluding hydrogens is 318 g/mol. The number of aryl methyl sites for hydroxylation is 1. The Hall–Kier alpha value is -0.370. The SMILES string of the molecule is Cc1nnc(N2CC3(CC(OCC4CCOCC4)CS3)C2)s1. The Morgan fingerprint density at radius 2 is 2.14 bits per heavy atom. The van der Waals surface area contributed by atoms with Crippen molar-refractivity contribution in [2.75, 3.05) is 43.6 Å². The molecule has 7 heteroatoms. The minimum Gasteiger partial charge on any atom is -0.381 e. The summed E-state index contributed by atoms with van der Waals surface area (Å²) in [7, 11) is 0. The van der Waals surface area contributed by atoms with Gasteiger partial charge in [0.25, 0.3) is 0 Å². The highest BCUT2D eigenvalue weighted by Crippen LogP contribution is 2.47. The average molecular weight is 342 g/mol. The molecule has 0 amide bonds. The van der Waals surface area contributed by atoms with E-state index in [0.29, 0.717) is 16.8 Å². The topological polar surface area (TPSA) is 47.5 Å². The van der Waals surface area contributed by atoms with Crippen molar-refractivity contribution >= 4 is 28.2 Å². The van der Waals surface area contributed by atoms with Crippen LogP contribution in [0.3, 0.4) is 0 Å². The Morgan fingerprint density at radius 3 is 2.86 bits per heavy atom. The molecule has 122 valence electrons. The summed E-state index contributed by atoms with van der Waals surface area (Å²) >= 11 is 3.79. The van der Waals surface area contributed by atoms with Crippen molar-refractivity contribution in [2.45, 2.75) is 37.0 Å². The number of rotatable bonds is 4. The van der Waals surface area contributed by atoms with Crippen molar-refractivity contribution in [1.82, 2.24) is 10.2 Å². The molecule has 3 saturated heterocycles. The molecule has 1 atom stereocenters. The van der Waals surface area contributed by atoms with E-state index < -0.39 is 0 Å². The summed E-state index contributed by atoms with van der Waals surface area (Å²) in [5.74, 6) is 1.85. The van der Waals surface area contributed by atoms with Gasteiger partial charge in [0.1, 0.15) is 5.01 Å². The molecule has 0 N–H and O–H groups in total. The lowest BCUT2D eigenvalue weighted by atomic mass is 9.93. The third-order valence-electron chi connectivity index (χ3n) is 4.83. The maximum absolute atomic E-state index is 6.20. The maximum atomic E-state index is 6.20. The van der Waals surface area contributed by atoms with Crippen LogP contribution in [0.4, 0.5) is 5.13 Å². The van der Waals surface area contributed by atoms with Crippen LogP contribution in [-0.4, -0.2) is 59.7 Å². The zero-order valence-corrected chi connectivity index (χ0v) is 14.6. The van der Waals surface area contributed by atoms with Crippen LogP contribution in [0.2, 0.25) is 0 Å². The second kappa shape index (κ2) is 6.26. The zero-order valence-electron chi connectivity index (χ0n) is 13.0. The molecule has 1 unspecified atom stereocenters. The molecule has 22 heavy (non-hydrogen) atoms. The Balaban J connectivity index is 1.23. The van der Waals surface area contributed by atoms with Crippen molar-refractivity contribution < 1.29 is 9.47 Å². The van der Waals surface area contributed by atoms with Crippen LogP contribution in [-0.2, 0) is 9.47 Å². The minimum absolute atomic E-state index is 0.403. The normalized spacial score (nSPS) is 28.2. The number of nitrogens with zero attached hydrogens (tertiary/aromatic N) is 3. The van der Waals surface area contributed by atoms with Gasteiger partial charge in [0, 0.05) is 38.7 Å². The highest BCUT2D eigenvalue weighted by atomic mass is 32.2. The van der Waals surface area contributed by atoms with Gasteiger partial charge in [0.15, 0.2) is 0 Å². The molecule has 0 aromatic carbocycles. The van der Waals surface area contributed by atoms with Crippen LogP contribution in [0.25, 0.3) is 0 Å².